The van der Waals surface area contributed by atoms with Crippen molar-refractivity contribution in [3.8, 4) is 0 Å². The minimum atomic E-state index is 0.394. The molecule has 7 heavy (non-hydrogen) atoms. The summed E-state index contributed by atoms with van der Waals surface area (Å²) in [7, 11) is 7.00. The second-order valence-electron chi connectivity index (χ2n) is 1.81. The SMILES string of the molecule is [B]N1CC(OC)C1. The third kappa shape index (κ3) is 0.953. The third-order valence-electron chi connectivity index (χ3n) is 1.21. The van der Waals surface area contributed by atoms with Gasteiger partial charge in [0.2, 0.25) is 0 Å². The number of methoxy groups -OCH3 is 1. The van der Waals surface area contributed by atoms with Crippen molar-refractivity contribution in [2.45, 2.75) is 6.10 Å². The summed E-state index contributed by atoms with van der Waals surface area (Å²) in [6.45, 7) is 1.77. The highest BCUT2D eigenvalue weighted by molar-refractivity contribution is 6.04. The van der Waals surface area contributed by atoms with Gasteiger partial charge in [-0.25, -0.2) is 0 Å². The van der Waals surface area contributed by atoms with Crippen LogP contribution in [0.4, 0.5) is 0 Å². The average molecular weight is 96.9 g/mol. The van der Waals surface area contributed by atoms with Crippen molar-refractivity contribution in [3.63, 3.8) is 0 Å². The quantitative estimate of drug-likeness (QED) is 0.405. The van der Waals surface area contributed by atoms with Crippen molar-refractivity contribution in [3.05, 3.63) is 0 Å². The molecule has 0 aliphatic carbocycles. The highest BCUT2D eigenvalue weighted by atomic mass is 16.5. The van der Waals surface area contributed by atoms with Crippen LogP contribution >= 0.6 is 0 Å². The lowest BCUT2D eigenvalue weighted by molar-refractivity contribution is 0.0131. The standard InChI is InChI=1S/C4H8BNO/c1-7-4-2-6(5)3-4/h4H,2-3H2,1H3. The van der Waals surface area contributed by atoms with E-state index in [1.165, 1.54) is 0 Å². The summed E-state index contributed by atoms with van der Waals surface area (Å²) in [5, 5.41) is 0. The fourth-order valence-corrected chi connectivity index (χ4v) is 0.619. The smallest absolute Gasteiger partial charge is 0.182 e. The summed E-state index contributed by atoms with van der Waals surface area (Å²) in [6, 6.07) is 0. The van der Waals surface area contributed by atoms with Crippen molar-refractivity contribution in [2.24, 2.45) is 0 Å². The molecular formula is C4H8BNO. The van der Waals surface area contributed by atoms with Crippen LogP contribution in [0.25, 0.3) is 0 Å². The predicted molar refractivity (Wildman–Crippen MR) is 28.1 cm³/mol. The summed E-state index contributed by atoms with van der Waals surface area (Å²) >= 11 is 0. The van der Waals surface area contributed by atoms with Crippen LogP contribution in [0.1, 0.15) is 0 Å². The van der Waals surface area contributed by atoms with Crippen LogP contribution in [0.2, 0.25) is 0 Å². The van der Waals surface area contributed by atoms with Crippen LogP contribution < -0.4 is 0 Å². The molecule has 1 heterocycles. The van der Waals surface area contributed by atoms with E-state index in [0.717, 1.165) is 13.1 Å². The van der Waals surface area contributed by atoms with E-state index >= 15 is 0 Å². The molecule has 2 radical (unpaired) electrons. The van der Waals surface area contributed by atoms with Crippen LogP contribution in [0, 0.1) is 0 Å². The van der Waals surface area contributed by atoms with Gasteiger partial charge in [-0.3, -0.25) is 0 Å². The minimum absolute atomic E-state index is 0.394. The molecule has 0 atom stereocenters. The molecule has 0 spiro atoms. The fourth-order valence-electron chi connectivity index (χ4n) is 0.619. The van der Waals surface area contributed by atoms with Gasteiger partial charge in [0.15, 0.2) is 7.98 Å². The van der Waals surface area contributed by atoms with Crippen molar-refractivity contribution in [1.29, 1.82) is 0 Å². The van der Waals surface area contributed by atoms with Crippen molar-refractivity contribution < 1.29 is 4.74 Å². The maximum Gasteiger partial charge on any atom is 0.182 e. The van der Waals surface area contributed by atoms with Crippen molar-refractivity contribution in [1.82, 2.24) is 4.81 Å². The Balaban J connectivity index is 2.06. The molecule has 2 nitrogen and oxygen atoms in total. The van der Waals surface area contributed by atoms with Gasteiger partial charge in [0, 0.05) is 20.2 Å². The number of hydrogen-bond donors (Lipinski definition) is 0. The van der Waals surface area contributed by atoms with Crippen LogP contribution in [-0.2, 0) is 4.74 Å². The molecule has 3 heteroatoms. The molecule has 1 fully saturated rings. The molecule has 0 bridgehead atoms. The van der Waals surface area contributed by atoms with Gasteiger partial charge in [-0.2, -0.15) is 0 Å². The Kier molecular flexibility index (Phi) is 1.35. The van der Waals surface area contributed by atoms with Crippen LogP contribution in [0.3, 0.4) is 0 Å². The Morgan fingerprint density at radius 1 is 1.71 bits per heavy atom. The fraction of sp³-hybridized carbons (Fsp3) is 1.00. The van der Waals surface area contributed by atoms with Gasteiger partial charge in [0.05, 0.1) is 6.10 Å². The van der Waals surface area contributed by atoms with Crippen molar-refractivity contribution >= 4 is 7.98 Å². The summed E-state index contributed by atoms with van der Waals surface area (Å²) < 4.78 is 4.93. The highest BCUT2D eigenvalue weighted by Crippen LogP contribution is 2.04. The maximum atomic E-state index is 5.30. The predicted octanol–water partition coefficient (Wildman–Crippen LogP) is -0.600. The van der Waals surface area contributed by atoms with Crippen LogP contribution in [0.5, 0.6) is 0 Å². The molecule has 1 saturated heterocycles. The first-order valence-electron chi connectivity index (χ1n) is 2.35. The Morgan fingerprint density at radius 3 is 2.43 bits per heavy atom. The van der Waals surface area contributed by atoms with E-state index in [-0.39, 0.29) is 0 Å². The monoisotopic (exact) mass is 97.1 g/mol. The average Bonchev–Trinajstić information content (AvgIpc) is 1.58. The van der Waals surface area contributed by atoms with Gasteiger partial charge in [0.25, 0.3) is 0 Å². The number of hydrogen-bond acceptors (Lipinski definition) is 2. The molecule has 0 saturated carbocycles. The summed E-state index contributed by atoms with van der Waals surface area (Å²) in [5.74, 6) is 0. The first kappa shape index (κ1) is 5.13. The van der Waals surface area contributed by atoms with Gasteiger partial charge in [-0.05, 0) is 0 Å². The zero-order valence-corrected chi connectivity index (χ0v) is 4.42. The lowest BCUT2D eigenvalue weighted by Gasteiger charge is -2.35. The Bertz CT molecular complexity index is 62.7. The Morgan fingerprint density at radius 2 is 2.29 bits per heavy atom. The summed E-state index contributed by atoms with van der Waals surface area (Å²) in [6.07, 6.45) is 0.394. The number of nitrogens with zero attached hydrogens (tertiary/aromatic N) is 1. The van der Waals surface area contributed by atoms with Gasteiger partial charge >= 0.3 is 0 Å². The van der Waals surface area contributed by atoms with Crippen LogP contribution in [0.15, 0.2) is 0 Å². The molecular weight excluding hydrogens is 88.9 g/mol. The zero-order chi connectivity index (χ0) is 5.28. The molecule has 0 aromatic heterocycles. The number of rotatable bonds is 1. The van der Waals surface area contributed by atoms with E-state index in [1.54, 1.807) is 11.9 Å². The highest BCUT2D eigenvalue weighted by Gasteiger charge is 2.20. The summed E-state index contributed by atoms with van der Waals surface area (Å²) in [4.78, 5) is 1.73. The molecule has 1 aliphatic rings. The first-order valence-corrected chi connectivity index (χ1v) is 2.35. The molecule has 0 aromatic rings. The lowest BCUT2D eigenvalue weighted by atomic mass is 10.1. The van der Waals surface area contributed by atoms with E-state index in [9.17, 15) is 0 Å². The molecule has 0 aromatic carbocycles. The Hall–Kier alpha value is -0.0151. The third-order valence-corrected chi connectivity index (χ3v) is 1.21. The lowest BCUT2D eigenvalue weighted by Crippen LogP contribution is -2.49. The van der Waals surface area contributed by atoms with Gasteiger partial charge < -0.3 is 9.55 Å². The van der Waals surface area contributed by atoms with E-state index < -0.39 is 0 Å². The van der Waals surface area contributed by atoms with Crippen LogP contribution in [-0.4, -0.2) is 39.1 Å². The molecule has 1 rings (SSSR count). The van der Waals surface area contributed by atoms with E-state index in [0.29, 0.717) is 6.10 Å². The normalized spacial score (nSPS) is 24.7. The largest absolute Gasteiger partial charge is 0.379 e. The second-order valence-corrected chi connectivity index (χ2v) is 1.81. The van der Waals surface area contributed by atoms with Crippen molar-refractivity contribution in [2.75, 3.05) is 20.2 Å². The topological polar surface area (TPSA) is 12.5 Å². The van der Waals surface area contributed by atoms with Gasteiger partial charge in [-0.1, -0.05) is 0 Å². The van der Waals surface area contributed by atoms with Gasteiger partial charge in [-0.15, -0.1) is 0 Å². The second kappa shape index (κ2) is 1.84. The number of ether oxygens (including phenoxy) is 1. The Labute approximate surface area is 44.9 Å². The molecule has 38 valence electrons. The van der Waals surface area contributed by atoms with E-state index in [4.69, 9.17) is 12.7 Å². The maximum absolute atomic E-state index is 5.30. The first-order chi connectivity index (χ1) is 3.33. The summed E-state index contributed by atoms with van der Waals surface area (Å²) in [5.41, 5.74) is 0. The van der Waals surface area contributed by atoms with E-state index in [2.05, 4.69) is 0 Å². The molecule has 0 N–H and O–H groups in total. The molecule has 1 aliphatic heterocycles. The van der Waals surface area contributed by atoms with Gasteiger partial charge in [0.1, 0.15) is 0 Å². The van der Waals surface area contributed by atoms with E-state index in [1.807, 2.05) is 0 Å². The molecule has 0 amide bonds. The zero-order valence-electron chi connectivity index (χ0n) is 4.42. The minimum Gasteiger partial charge on any atom is -0.379 e. The molecule has 0 unspecified atom stereocenters.